The molecule has 0 aromatic heterocycles. The molecule has 0 aliphatic heterocycles. The number of nitrogens with two attached hydrogens (primary N) is 1. The van der Waals surface area contributed by atoms with E-state index in [0.29, 0.717) is 22.9 Å². The third-order valence-electron chi connectivity index (χ3n) is 2.71. The Morgan fingerprint density at radius 1 is 1.48 bits per heavy atom. The molecule has 0 aliphatic carbocycles. The van der Waals surface area contributed by atoms with Crippen LogP contribution in [-0.2, 0) is 14.3 Å². The molecule has 0 saturated carbocycles. The number of nitrogens with one attached hydrogen (secondary N) is 1. The number of ether oxygens (including phenoxy) is 1. The topological polar surface area (TPSA) is 81.4 Å². The van der Waals surface area contributed by atoms with E-state index in [0.717, 1.165) is 5.56 Å². The van der Waals surface area contributed by atoms with Gasteiger partial charge in [0, 0.05) is 0 Å². The molecule has 0 spiro atoms. The van der Waals surface area contributed by atoms with E-state index in [1.807, 2.05) is 13.0 Å². The van der Waals surface area contributed by atoms with E-state index in [1.165, 1.54) is 18.9 Å². The van der Waals surface area contributed by atoms with E-state index in [4.69, 9.17) is 17.3 Å². The van der Waals surface area contributed by atoms with Gasteiger partial charge in [0.1, 0.15) is 6.04 Å². The summed E-state index contributed by atoms with van der Waals surface area (Å²) in [6.45, 7) is 1.93. The summed E-state index contributed by atoms with van der Waals surface area (Å²) in [5.74, 6) is 0.299. The number of anilines is 1. The van der Waals surface area contributed by atoms with Gasteiger partial charge in [-0.3, -0.25) is 9.59 Å². The number of esters is 1. The van der Waals surface area contributed by atoms with Gasteiger partial charge in [0.15, 0.2) is 0 Å². The second kappa shape index (κ2) is 8.92. The summed E-state index contributed by atoms with van der Waals surface area (Å²) in [6, 6.07) is 4.80. The highest BCUT2D eigenvalue weighted by molar-refractivity contribution is 7.99. The third kappa shape index (κ3) is 6.37. The van der Waals surface area contributed by atoms with Crippen molar-refractivity contribution < 1.29 is 14.3 Å². The number of thioether (sulfide) groups is 1. The van der Waals surface area contributed by atoms with Crippen LogP contribution in [0.1, 0.15) is 12.0 Å². The lowest BCUT2D eigenvalue weighted by Gasteiger charge is -2.09. The van der Waals surface area contributed by atoms with Crippen molar-refractivity contribution in [2.75, 3.05) is 23.9 Å². The molecular weight excluding hydrogens is 312 g/mol. The first-order chi connectivity index (χ1) is 9.93. The van der Waals surface area contributed by atoms with Crippen LogP contribution in [0.25, 0.3) is 0 Å². The summed E-state index contributed by atoms with van der Waals surface area (Å²) >= 11 is 7.44. The molecule has 0 bridgehead atoms. The Hall–Kier alpha value is -1.24. The first kappa shape index (κ1) is 17.8. The number of rotatable bonds is 7. The molecule has 1 rings (SSSR count). The highest BCUT2D eigenvalue weighted by atomic mass is 35.5. The van der Waals surface area contributed by atoms with E-state index in [-0.39, 0.29) is 11.7 Å². The number of amides is 1. The summed E-state index contributed by atoms with van der Waals surface area (Å²) in [7, 11) is 1.30. The van der Waals surface area contributed by atoms with E-state index in [2.05, 4.69) is 10.1 Å². The van der Waals surface area contributed by atoms with Crippen molar-refractivity contribution >= 4 is 40.9 Å². The number of hydrogen-bond donors (Lipinski definition) is 2. The highest BCUT2D eigenvalue weighted by Crippen LogP contribution is 2.22. The summed E-state index contributed by atoms with van der Waals surface area (Å²) in [5.41, 5.74) is 7.22. The van der Waals surface area contributed by atoms with Crippen LogP contribution < -0.4 is 11.1 Å². The fourth-order valence-corrected chi connectivity index (χ4v) is 2.66. The minimum absolute atomic E-state index is 0.141. The SMILES string of the molecule is COC(=O)C(N)CCSCC(=O)Nc1ccc(C)cc1Cl. The van der Waals surface area contributed by atoms with E-state index in [1.54, 1.807) is 12.1 Å². The van der Waals surface area contributed by atoms with Crippen LogP contribution >= 0.6 is 23.4 Å². The Balaban J connectivity index is 2.30. The Labute approximate surface area is 133 Å². The van der Waals surface area contributed by atoms with E-state index < -0.39 is 12.0 Å². The molecule has 116 valence electrons. The summed E-state index contributed by atoms with van der Waals surface area (Å²) in [6.07, 6.45) is 0.468. The molecule has 1 amide bonds. The largest absolute Gasteiger partial charge is 0.468 e. The maximum absolute atomic E-state index is 11.8. The van der Waals surface area contributed by atoms with Crippen molar-refractivity contribution in [1.82, 2.24) is 0 Å². The Bertz CT molecular complexity index is 511. The lowest BCUT2D eigenvalue weighted by molar-refractivity contribution is -0.142. The van der Waals surface area contributed by atoms with Gasteiger partial charge in [-0.25, -0.2) is 0 Å². The van der Waals surface area contributed by atoms with Gasteiger partial charge in [-0.15, -0.1) is 0 Å². The molecule has 5 nitrogen and oxygen atoms in total. The van der Waals surface area contributed by atoms with Gasteiger partial charge in [0.2, 0.25) is 5.91 Å². The Morgan fingerprint density at radius 3 is 2.81 bits per heavy atom. The van der Waals surface area contributed by atoms with Gasteiger partial charge in [-0.1, -0.05) is 17.7 Å². The van der Waals surface area contributed by atoms with Crippen molar-refractivity contribution in [3.05, 3.63) is 28.8 Å². The number of aryl methyl sites for hydroxylation is 1. The van der Waals surface area contributed by atoms with Gasteiger partial charge >= 0.3 is 5.97 Å². The van der Waals surface area contributed by atoms with Crippen LogP contribution in [0, 0.1) is 6.92 Å². The van der Waals surface area contributed by atoms with Crippen LogP contribution in [-0.4, -0.2) is 36.5 Å². The number of hydrogen-bond acceptors (Lipinski definition) is 5. The van der Waals surface area contributed by atoms with Gasteiger partial charge in [0.25, 0.3) is 0 Å². The van der Waals surface area contributed by atoms with Crippen molar-refractivity contribution in [3.8, 4) is 0 Å². The first-order valence-corrected chi connectivity index (χ1v) is 7.94. The van der Waals surface area contributed by atoms with Crippen molar-refractivity contribution in [2.45, 2.75) is 19.4 Å². The standard InChI is InChI=1S/C14H19ClN2O3S/c1-9-3-4-12(10(15)7-9)17-13(18)8-21-6-5-11(16)14(19)20-2/h3-4,7,11H,5-6,8,16H2,1-2H3,(H,17,18). The second-order valence-corrected chi connectivity index (χ2v) is 6.01. The normalized spacial score (nSPS) is 11.8. The Kier molecular flexibility index (Phi) is 7.56. The zero-order chi connectivity index (χ0) is 15.8. The molecule has 1 atom stereocenters. The maximum Gasteiger partial charge on any atom is 0.322 e. The summed E-state index contributed by atoms with van der Waals surface area (Å²) in [4.78, 5) is 22.9. The minimum atomic E-state index is -0.642. The molecule has 3 N–H and O–H groups in total. The predicted octanol–water partition coefficient (Wildman–Crippen LogP) is 2.21. The number of methoxy groups -OCH3 is 1. The molecule has 21 heavy (non-hydrogen) atoms. The fraction of sp³-hybridized carbons (Fsp3) is 0.429. The smallest absolute Gasteiger partial charge is 0.322 e. The second-order valence-electron chi connectivity index (χ2n) is 4.50. The average molecular weight is 331 g/mol. The quantitative estimate of drug-likeness (QED) is 0.591. The van der Waals surface area contributed by atoms with Crippen LogP contribution in [0.5, 0.6) is 0 Å². The molecule has 0 saturated heterocycles. The van der Waals surface area contributed by atoms with Gasteiger partial charge < -0.3 is 15.8 Å². The minimum Gasteiger partial charge on any atom is -0.468 e. The van der Waals surface area contributed by atoms with Gasteiger partial charge in [-0.2, -0.15) is 11.8 Å². The van der Waals surface area contributed by atoms with Crippen molar-refractivity contribution in [3.63, 3.8) is 0 Å². The van der Waals surface area contributed by atoms with Crippen LogP contribution in [0.4, 0.5) is 5.69 Å². The van der Waals surface area contributed by atoms with Crippen molar-refractivity contribution in [1.29, 1.82) is 0 Å². The number of carbonyl (C=O) groups excluding carboxylic acids is 2. The number of halogens is 1. The lowest BCUT2D eigenvalue weighted by atomic mass is 10.2. The first-order valence-electron chi connectivity index (χ1n) is 6.41. The molecule has 0 heterocycles. The maximum atomic E-state index is 11.8. The van der Waals surface area contributed by atoms with Crippen molar-refractivity contribution in [2.24, 2.45) is 5.73 Å². The molecule has 1 aromatic carbocycles. The molecule has 1 aromatic rings. The predicted molar refractivity (Wildman–Crippen MR) is 86.8 cm³/mol. The zero-order valence-electron chi connectivity index (χ0n) is 12.0. The van der Waals surface area contributed by atoms with Crippen LogP contribution in [0.3, 0.4) is 0 Å². The van der Waals surface area contributed by atoms with Crippen LogP contribution in [0.2, 0.25) is 5.02 Å². The molecule has 0 aliphatic rings. The van der Waals surface area contributed by atoms with Crippen LogP contribution in [0.15, 0.2) is 18.2 Å². The van der Waals surface area contributed by atoms with Gasteiger partial charge in [-0.05, 0) is 36.8 Å². The van der Waals surface area contributed by atoms with E-state index >= 15 is 0 Å². The van der Waals surface area contributed by atoms with E-state index in [9.17, 15) is 9.59 Å². The molecule has 7 heteroatoms. The number of benzene rings is 1. The Morgan fingerprint density at radius 2 is 2.19 bits per heavy atom. The zero-order valence-corrected chi connectivity index (χ0v) is 13.6. The van der Waals surface area contributed by atoms with Gasteiger partial charge in [0.05, 0.1) is 23.6 Å². The molecule has 0 fully saturated rings. The third-order valence-corrected chi connectivity index (χ3v) is 4.01. The summed E-state index contributed by atoms with van der Waals surface area (Å²) < 4.78 is 4.52. The molecule has 0 radical (unpaired) electrons. The molecular formula is C14H19ClN2O3S. The molecule has 1 unspecified atom stereocenters. The highest BCUT2D eigenvalue weighted by Gasteiger charge is 2.13. The lowest BCUT2D eigenvalue weighted by Crippen LogP contribution is -2.32. The summed E-state index contributed by atoms with van der Waals surface area (Å²) in [5, 5.41) is 3.26. The number of carbonyl (C=O) groups is 2. The average Bonchev–Trinajstić information content (AvgIpc) is 2.45. The monoisotopic (exact) mass is 330 g/mol. The fourth-order valence-electron chi connectivity index (χ4n) is 1.55.